The molecule has 6 heteroatoms. The standard InChI is InChI=1S/C20H16ClNO4/c1-13(23)14-2-6-16(7-3-14)22-20(24)19-11-10-18(26-19)12-25-17-8-4-15(21)5-9-17/h2-11H,12H2,1H3,(H,22,24). The van der Waals surface area contributed by atoms with Gasteiger partial charge in [0.15, 0.2) is 11.5 Å². The number of Topliss-reactive ketones (excluding diaryl/α,β-unsaturated/α-hetero) is 1. The van der Waals surface area contributed by atoms with Crippen molar-refractivity contribution in [1.82, 2.24) is 0 Å². The van der Waals surface area contributed by atoms with E-state index < -0.39 is 0 Å². The van der Waals surface area contributed by atoms with Crippen LogP contribution in [0, 0.1) is 0 Å². The Hall–Kier alpha value is -3.05. The third kappa shape index (κ3) is 4.52. The summed E-state index contributed by atoms with van der Waals surface area (Å²) in [4.78, 5) is 23.5. The summed E-state index contributed by atoms with van der Waals surface area (Å²) in [6.07, 6.45) is 0. The first-order valence-corrected chi connectivity index (χ1v) is 8.28. The molecule has 0 fully saturated rings. The van der Waals surface area contributed by atoms with Gasteiger partial charge in [0.1, 0.15) is 18.1 Å². The van der Waals surface area contributed by atoms with Gasteiger partial charge in [-0.3, -0.25) is 9.59 Å². The van der Waals surface area contributed by atoms with Crippen LogP contribution in [0.15, 0.2) is 65.1 Å². The normalized spacial score (nSPS) is 10.4. The summed E-state index contributed by atoms with van der Waals surface area (Å²) >= 11 is 5.82. The van der Waals surface area contributed by atoms with Gasteiger partial charge in [-0.05, 0) is 67.6 Å². The van der Waals surface area contributed by atoms with E-state index in [-0.39, 0.29) is 24.1 Å². The molecule has 5 nitrogen and oxygen atoms in total. The maximum atomic E-state index is 12.2. The molecular weight excluding hydrogens is 354 g/mol. The van der Waals surface area contributed by atoms with E-state index in [4.69, 9.17) is 20.8 Å². The molecule has 26 heavy (non-hydrogen) atoms. The fourth-order valence-electron chi connectivity index (χ4n) is 2.24. The number of anilines is 1. The molecule has 0 unspecified atom stereocenters. The van der Waals surface area contributed by atoms with Crippen molar-refractivity contribution in [3.8, 4) is 5.75 Å². The number of nitrogens with one attached hydrogen (secondary N) is 1. The fraction of sp³-hybridized carbons (Fsp3) is 0.100. The van der Waals surface area contributed by atoms with Crippen molar-refractivity contribution in [2.75, 3.05) is 5.32 Å². The zero-order chi connectivity index (χ0) is 18.5. The number of rotatable bonds is 6. The van der Waals surface area contributed by atoms with Crippen LogP contribution in [0.1, 0.15) is 33.6 Å². The summed E-state index contributed by atoms with van der Waals surface area (Å²) in [5, 5.41) is 3.35. The molecule has 0 atom stereocenters. The number of halogens is 1. The summed E-state index contributed by atoms with van der Waals surface area (Å²) in [6, 6.07) is 16.9. The molecule has 1 amide bonds. The Morgan fingerprint density at radius 2 is 1.69 bits per heavy atom. The Morgan fingerprint density at radius 1 is 1.00 bits per heavy atom. The third-order valence-electron chi connectivity index (χ3n) is 3.63. The zero-order valence-corrected chi connectivity index (χ0v) is 14.7. The molecule has 0 aliphatic rings. The van der Waals surface area contributed by atoms with Crippen LogP contribution in [0.3, 0.4) is 0 Å². The number of furan rings is 1. The fourth-order valence-corrected chi connectivity index (χ4v) is 2.37. The van der Waals surface area contributed by atoms with E-state index in [1.165, 1.54) is 6.92 Å². The van der Waals surface area contributed by atoms with Crippen LogP contribution in [-0.2, 0) is 6.61 Å². The largest absolute Gasteiger partial charge is 0.486 e. The molecule has 0 saturated carbocycles. The number of carbonyl (C=O) groups is 2. The minimum absolute atomic E-state index is 0.0285. The Bertz CT molecular complexity index is 914. The van der Waals surface area contributed by atoms with E-state index >= 15 is 0 Å². The number of hydrogen-bond acceptors (Lipinski definition) is 4. The van der Waals surface area contributed by atoms with Gasteiger partial charge in [0.05, 0.1) is 0 Å². The first-order valence-electron chi connectivity index (χ1n) is 7.91. The number of ketones is 1. The maximum absolute atomic E-state index is 12.2. The molecular formula is C20H16ClNO4. The summed E-state index contributed by atoms with van der Waals surface area (Å²) in [5.74, 6) is 0.951. The maximum Gasteiger partial charge on any atom is 0.291 e. The Balaban J connectivity index is 1.58. The van der Waals surface area contributed by atoms with Gasteiger partial charge < -0.3 is 14.5 Å². The molecule has 0 aliphatic carbocycles. The molecule has 3 aromatic rings. The first kappa shape index (κ1) is 17.8. The lowest BCUT2D eigenvalue weighted by atomic mass is 10.1. The second-order valence-corrected chi connectivity index (χ2v) is 6.03. The highest BCUT2D eigenvalue weighted by Gasteiger charge is 2.12. The van der Waals surface area contributed by atoms with Gasteiger partial charge in [-0.1, -0.05) is 11.6 Å². The Morgan fingerprint density at radius 3 is 2.35 bits per heavy atom. The quantitative estimate of drug-likeness (QED) is 0.623. The molecule has 0 bridgehead atoms. The van der Waals surface area contributed by atoms with Gasteiger partial charge in [-0.15, -0.1) is 0 Å². The molecule has 0 spiro atoms. The smallest absolute Gasteiger partial charge is 0.291 e. The van der Waals surface area contributed by atoms with Crippen LogP contribution in [0.2, 0.25) is 5.02 Å². The van der Waals surface area contributed by atoms with E-state index in [9.17, 15) is 9.59 Å². The van der Waals surface area contributed by atoms with Crippen LogP contribution in [-0.4, -0.2) is 11.7 Å². The van der Waals surface area contributed by atoms with Gasteiger partial charge in [0, 0.05) is 16.3 Å². The number of ether oxygens (including phenoxy) is 1. The predicted octanol–water partition coefficient (Wildman–Crippen LogP) is 4.97. The van der Waals surface area contributed by atoms with Crippen molar-refractivity contribution in [2.45, 2.75) is 13.5 Å². The highest BCUT2D eigenvalue weighted by Crippen LogP contribution is 2.18. The highest BCUT2D eigenvalue weighted by molar-refractivity contribution is 6.30. The minimum atomic E-state index is -0.377. The molecule has 1 aromatic heterocycles. The van der Waals surface area contributed by atoms with Gasteiger partial charge in [0.2, 0.25) is 0 Å². The van der Waals surface area contributed by atoms with Crippen molar-refractivity contribution in [3.63, 3.8) is 0 Å². The summed E-state index contributed by atoms with van der Waals surface area (Å²) in [5.41, 5.74) is 1.16. The van der Waals surface area contributed by atoms with E-state index in [0.717, 1.165) is 0 Å². The molecule has 0 saturated heterocycles. The van der Waals surface area contributed by atoms with E-state index in [0.29, 0.717) is 27.8 Å². The summed E-state index contributed by atoms with van der Waals surface area (Å²) < 4.78 is 11.1. The van der Waals surface area contributed by atoms with Crippen LogP contribution >= 0.6 is 11.6 Å². The Kier molecular flexibility index (Phi) is 5.39. The van der Waals surface area contributed by atoms with Crippen molar-refractivity contribution >= 4 is 29.0 Å². The molecule has 2 aromatic carbocycles. The van der Waals surface area contributed by atoms with Crippen molar-refractivity contribution in [2.24, 2.45) is 0 Å². The molecule has 3 rings (SSSR count). The Labute approximate surface area is 155 Å². The average molecular weight is 370 g/mol. The third-order valence-corrected chi connectivity index (χ3v) is 3.88. The van der Waals surface area contributed by atoms with Crippen LogP contribution in [0.4, 0.5) is 5.69 Å². The van der Waals surface area contributed by atoms with Crippen LogP contribution < -0.4 is 10.1 Å². The van der Waals surface area contributed by atoms with Crippen molar-refractivity contribution in [3.05, 3.63) is 82.8 Å². The van der Waals surface area contributed by atoms with Crippen molar-refractivity contribution in [1.29, 1.82) is 0 Å². The first-order chi connectivity index (χ1) is 12.5. The van der Waals surface area contributed by atoms with Crippen molar-refractivity contribution < 1.29 is 18.7 Å². The molecule has 1 heterocycles. The van der Waals surface area contributed by atoms with Crippen LogP contribution in [0.5, 0.6) is 5.75 Å². The predicted molar refractivity (Wildman–Crippen MR) is 98.9 cm³/mol. The summed E-state index contributed by atoms with van der Waals surface area (Å²) in [6.45, 7) is 1.69. The lowest BCUT2D eigenvalue weighted by molar-refractivity contribution is 0.0990. The van der Waals surface area contributed by atoms with Gasteiger partial charge in [-0.25, -0.2) is 0 Å². The van der Waals surface area contributed by atoms with Gasteiger partial charge >= 0.3 is 0 Å². The second kappa shape index (κ2) is 7.89. The molecule has 1 N–H and O–H groups in total. The van der Waals surface area contributed by atoms with Gasteiger partial charge in [0.25, 0.3) is 5.91 Å². The second-order valence-electron chi connectivity index (χ2n) is 5.60. The minimum Gasteiger partial charge on any atom is -0.486 e. The molecule has 0 aliphatic heterocycles. The lowest BCUT2D eigenvalue weighted by Gasteiger charge is -2.05. The molecule has 132 valence electrons. The lowest BCUT2D eigenvalue weighted by Crippen LogP contribution is -2.11. The van der Waals surface area contributed by atoms with E-state index in [2.05, 4.69) is 5.32 Å². The summed E-state index contributed by atoms with van der Waals surface area (Å²) in [7, 11) is 0. The SMILES string of the molecule is CC(=O)c1ccc(NC(=O)c2ccc(COc3ccc(Cl)cc3)o2)cc1. The van der Waals surface area contributed by atoms with E-state index in [1.54, 1.807) is 60.7 Å². The zero-order valence-electron chi connectivity index (χ0n) is 14.0. The van der Waals surface area contributed by atoms with Gasteiger partial charge in [-0.2, -0.15) is 0 Å². The van der Waals surface area contributed by atoms with E-state index in [1.807, 2.05) is 0 Å². The number of hydrogen-bond donors (Lipinski definition) is 1. The number of amides is 1. The topological polar surface area (TPSA) is 68.5 Å². The average Bonchev–Trinajstić information content (AvgIpc) is 3.11. The van der Waals surface area contributed by atoms with Crippen LogP contribution in [0.25, 0.3) is 0 Å². The number of benzene rings is 2. The highest BCUT2D eigenvalue weighted by atomic mass is 35.5. The monoisotopic (exact) mass is 369 g/mol. The number of carbonyl (C=O) groups excluding carboxylic acids is 2. The molecule has 0 radical (unpaired) electrons.